The number of fused-ring (bicyclic) bond motifs is 3. The summed E-state index contributed by atoms with van der Waals surface area (Å²) in [6, 6.07) is 16.3. The van der Waals surface area contributed by atoms with Gasteiger partial charge in [0, 0.05) is 18.7 Å². The van der Waals surface area contributed by atoms with Gasteiger partial charge in [-0.25, -0.2) is 0 Å². The van der Waals surface area contributed by atoms with Crippen LogP contribution in [0, 0.1) is 0 Å². The van der Waals surface area contributed by atoms with Crippen LogP contribution in [0.25, 0.3) is 0 Å². The molecule has 5 rings (SSSR count). The van der Waals surface area contributed by atoms with Crippen molar-refractivity contribution in [2.45, 2.75) is 56.4 Å². The Morgan fingerprint density at radius 1 is 0.935 bits per heavy atom. The van der Waals surface area contributed by atoms with E-state index in [9.17, 15) is 9.59 Å². The number of amides is 2. The number of para-hydroxylation sites is 1. The van der Waals surface area contributed by atoms with E-state index in [0.29, 0.717) is 18.3 Å². The summed E-state index contributed by atoms with van der Waals surface area (Å²) in [7, 11) is 0. The number of anilines is 1. The topological polar surface area (TPSA) is 66.6 Å². The molecule has 2 aromatic carbocycles. The zero-order valence-electron chi connectivity index (χ0n) is 18.1. The lowest BCUT2D eigenvalue weighted by atomic mass is 9.74. The quantitative estimate of drug-likeness (QED) is 0.831. The van der Waals surface area contributed by atoms with Gasteiger partial charge < -0.3 is 10.6 Å². The molecule has 0 saturated carbocycles. The molecule has 1 spiro atoms. The van der Waals surface area contributed by atoms with Crippen molar-refractivity contribution in [3.8, 4) is 0 Å². The summed E-state index contributed by atoms with van der Waals surface area (Å²) in [6.45, 7) is 2.79. The molecule has 3 aliphatic rings. The third-order valence-electron chi connectivity index (χ3n) is 7.76. The molecule has 1 atom stereocenters. The minimum Gasteiger partial charge on any atom is -0.368 e. The number of likely N-dealkylation sites (tertiary alicyclic amines) is 1. The number of piperidine rings is 1. The van der Waals surface area contributed by atoms with Crippen molar-refractivity contribution in [1.29, 1.82) is 0 Å². The molecule has 2 aromatic rings. The Labute approximate surface area is 184 Å². The van der Waals surface area contributed by atoms with Crippen molar-refractivity contribution in [3.05, 3.63) is 65.2 Å². The molecule has 0 aromatic heterocycles. The normalized spacial score (nSPS) is 22.2. The number of hydrogen-bond donors (Lipinski definition) is 1. The first-order chi connectivity index (χ1) is 15.1. The lowest BCUT2D eigenvalue weighted by Crippen LogP contribution is -2.51. The van der Waals surface area contributed by atoms with Crippen LogP contribution in [0.3, 0.4) is 0 Å². The molecule has 1 fully saturated rings. The van der Waals surface area contributed by atoms with E-state index >= 15 is 0 Å². The summed E-state index contributed by atoms with van der Waals surface area (Å²) in [5.41, 5.74) is 11.0. The molecule has 162 valence electrons. The molecule has 5 nitrogen and oxygen atoms in total. The van der Waals surface area contributed by atoms with Crippen molar-refractivity contribution < 1.29 is 9.59 Å². The van der Waals surface area contributed by atoms with Gasteiger partial charge in [-0.1, -0.05) is 42.5 Å². The van der Waals surface area contributed by atoms with E-state index in [-0.39, 0.29) is 5.91 Å². The van der Waals surface area contributed by atoms with Crippen molar-refractivity contribution in [2.75, 3.05) is 24.5 Å². The molecular weight excluding hydrogens is 386 g/mol. The van der Waals surface area contributed by atoms with Crippen LogP contribution in [0.4, 0.5) is 5.69 Å². The van der Waals surface area contributed by atoms with Gasteiger partial charge in [0.1, 0.15) is 6.04 Å². The molecule has 2 heterocycles. The van der Waals surface area contributed by atoms with E-state index in [1.54, 1.807) is 10.5 Å². The lowest BCUT2D eigenvalue weighted by molar-refractivity contribution is -0.125. The fourth-order valence-electron chi connectivity index (χ4n) is 5.99. The van der Waals surface area contributed by atoms with E-state index in [2.05, 4.69) is 29.2 Å². The van der Waals surface area contributed by atoms with Gasteiger partial charge >= 0.3 is 0 Å². The Morgan fingerprint density at radius 3 is 2.42 bits per heavy atom. The maximum atomic E-state index is 13.2. The number of carbonyl (C=O) groups excluding carboxylic acids is 2. The average Bonchev–Trinajstić information content (AvgIpc) is 3.16. The van der Waals surface area contributed by atoms with Gasteiger partial charge in [-0.05, 0) is 79.8 Å². The van der Waals surface area contributed by atoms with Crippen molar-refractivity contribution in [1.82, 2.24) is 4.90 Å². The number of carbonyl (C=O) groups is 2. The van der Waals surface area contributed by atoms with Gasteiger partial charge in [-0.2, -0.15) is 0 Å². The average molecular weight is 418 g/mol. The Kier molecular flexibility index (Phi) is 5.30. The minimum atomic E-state index is -0.540. The van der Waals surface area contributed by atoms with Gasteiger partial charge in [0.05, 0.1) is 0 Å². The van der Waals surface area contributed by atoms with Gasteiger partial charge in [-0.15, -0.1) is 0 Å². The molecule has 2 amide bonds. The monoisotopic (exact) mass is 417 g/mol. The molecule has 1 aliphatic carbocycles. The summed E-state index contributed by atoms with van der Waals surface area (Å²) in [5, 5.41) is 0. The van der Waals surface area contributed by atoms with E-state index in [1.807, 2.05) is 24.3 Å². The molecule has 5 heteroatoms. The number of nitrogens with zero attached hydrogens (tertiary/aromatic N) is 2. The van der Waals surface area contributed by atoms with E-state index in [4.69, 9.17) is 5.73 Å². The molecule has 2 N–H and O–H groups in total. The van der Waals surface area contributed by atoms with Crippen LogP contribution in [0.1, 0.15) is 48.8 Å². The number of primary amides is 1. The molecule has 0 bridgehead atoms. The number of rotatable bonds is 4. The zero-order chi connectivity index (χ0) is 21.4. The number of nitrogens with two attached hydrogens (primary N) is 1. The summed E-state index contributed by atoms with van der Waals surface area (Å²) < 4.78 is 0. The molecule has 1 saturated heterocycles. The maximum absolute atomic E-state index is 13.2. The molecule has 0 radical (unpaired) electrons. The summed E-state index contributed by atoms with van der Waals surface area (Å²) in [4.78, 5) is 29.4. The van der Waals surface area contributed by atoms with Crippen LogP contribution >= 0.6 is 0 Å². The van der Waals surface area contributed by atoms with Crippen molar-refractivity contribution in [3.63, 3.8) is 0 Å². The highest BCUT2D eigenvalue weighted by atomic mass is 16.2. The van der Waals surface area contributed by atoms with Crippen molar-refractivity contribution in [2.24, 2.45) is 5.73 Å². The van der Waals surface area contributed by atoms with Crippen LogP contribution in [0.15, 0.2) is 48.5 Å². The predicted octanol–water partition coefficient (Wildman–Crippen LogP) is 3.19. The van der Waals surface area contributed by atoms with Crippen LogP contribution in [-0.2, 0) is 27.8 Å². The SMILES string of the molecule is NC(=O)C1CCc2ccccc2N1C(=O)CCN1CCC2(CCc3ccccc32)CC1. The van der Waals surface area contributed by atoms with Gasteiger partial charge in [0.15, 0.2) is 0 Å². The van der Waals surface area contributed by atoms with Gasteiger partial charge in [0.25, 0.3) is 0 Å². The number of aryl methyl sites for hydroxylation is 2. The summed E-state index contributed by atoms with van der Waals surface area (Å²) in [6.07, 6.45) is 6.57. The third-order valence-corrected chi connectivity index (χ3v) is 7.76. The molecule has 2 aliphatic heterocycles. The van der Waals surface area contributed by atoms with E-state index in [1.165, 1.54) is 18.4 Å². The van der Waals surface area contributed by atoms with E-state index in [0.717, 1.165) is 50.1 Å². The highest BCUT2D eigenvalue weighted by molar-refractivity contribution is 6.01. The second-order valence-electron chi connectivity index (χ2n) is 9.38. The Balaban J connectivity index is 1.23. The first kappa shape index (κ1) is 20.3. The fourth-order valence-corrected chi connectivity index (χ4v) is 5.99. The molecule has 1 unspecified atom stereocenters. The van der Waals surface area contributed by atoms with Crippen LogP contribution < -0.4 is 10.6 Å². The standard InChI is InChI=1S/C26H31N3O2/c27-25(31)23-10-9-20-6-2-4-8-22(20)29(23)24(30)12-16-28-17-14-26(15-18-28)13-11-19-5-1-3-7-21(19)26/h1-8,23H,9-18H2,(H2,27,31). The second-order valence-corrected chi connectivity index (χ2v) is 9.38. The van der Waals surface area contributed by atoms with Crippen molar-refractivity contribution >= 4 is 17.5 Å². The Hall–Kier alpha value is -2.66. The third kappa shape index (κ3) is 3.65. The first-order valence-corrected chi connectivity index (χ1v) is 11.6. The van der Waals surface area contributed by atoms with Crippen LogP contribution in [0.2, 0.25) is 0 Å². The smallest absolute Gasteiger partial charge is 0.240 e. The highest BCUT2D eigenvalue weighted by Gasteiger charge is 2.41. The fraction of sp³-hybridized carbons (Fsp3) is 0.462. The second kappa shape index (κ2) is 8.12. The number of benzene rings is 2. The molecular formula is C26H31N3O2. The largest absolute Gasteiger partial charge is 0.368 e. The number of hydrogen-bond acceptors (Lipinski definition) is 3. The van der Waals surface area contributed by atoms with Crippen LogP contribution in [-0.4, -0.2) is 42.4 Å². The van der Waals surface area contributed by atoms with Crippen LogP contribution in [0.5, 0.6) is 0 Å². The highest BCUT2D eigenvalue weighted by Crippen LogP contribution is 2.46. The first-order valence-electron chi connectivity index (χ1n) is 11.6. The zero-order valence-corrected chi connectivity index (χ0v) is 18.1. The molecule has 31 heavy (non-hydrogen) atoms. The Bertz CT molecular complexity index is 994. The maximum Gasteiger partial charge on any atom is 0.240 e. The van der Waals surface area contributed by atoms with Gasteiger partial charge in [0.2, 0.25) is 11.8 Å². The lowest BCUT2D eigenvalue weighted by Gasteiger charge is -2.40. The van der Waals surface area contributed by atoms with E-state index < -0.39 is 11.9 Å². The summed E-state index contributed by atoms with van der Waals surface area (Å²) in [5.74, 6) is -0.412. The summed E-state index contributed by atoms with van der Waals surface area (Å²) >= 11 is 0. The minimum absolute atomic E-state index is 0.00227. The Morgan fingerprint density at radius 2 is 1.65 bits per heavy atom. The van der Waals surface area contributed by atoms with Gasteiger partial charge in [-0.3, -0.25) is 14.5 Å². The predicted molar refractivity (Wildman–Crippen MR) is 122 cm³/mol.